The second-order valence-electron chi connectivity index (χ2n) is 7.67. The lowest BCUT2D eigenvalue weighted by Crippen LogP contribution is -2.49. The summed E-state index contributed by atoms with van der Waals surface area (Å²) in [7, 11) is 1.63. The number of carbonyl (C=O) groups is 1. The molecule has 0 N–H and O–H groups in total. The van der Waals surface area contributed by atoms with Crippen LogP contribution in [0.25, 0.3) is 5.69 Å². The van der Waals surface area contributed by atoms with Crippen LogP contribution in [0.5, 0.6) is 5.75 Å². The molecule has 2 heterocycles. The summed E-state index contributed by atoms with van der Waals surface area (Å²) in [6, 6.07) is 18.6. The monoisotopic (exact) mass is 418 g/mol. The molecule has 0 spiro atoms. The van der Waals surface area contributed by atoms with E-state index >= 15 is 0 Å². The zero-order valence-corrected chi connectivity index (χ0v) is 17.8. The minimum atomic E-state index is -0.166. The Kier molecular flexibility index (Phi) is 6.02. The van der Waals surface area contributed by atoms with Crippen LogP contribution in [0.2, 0.25) is 0 Å². The van der Waals surface area contributed by atoms with Crippen LogP contribution >= 0.6 is 0 Å². The van der Waals surface area contributed by atoms with E-state index in [1.807, 2.05) is 60.4 Å². The van der Waals surface area contributed by atoms with Crippen LogP contribution in [0.3, 0.4) is 0 Å². The predicted molar refractivity (Wildman–Crippen MR) is 120 cm³/mol. The maximum absolute atomic E-state index is 12.7. The highest BCUT2D eigenvalue weighted by molar-refractivity contribution is 5.79. The summed E-state index contributed by atoms with van der Waals surface area (Å²) < 4.78 is 6.59. The summed E-state index contributed by atoms with van der Waals surface area (Å²) in [6.45, 7) is 4.60. The second kappa shape index (κ2) is 9.04. The van der Waals surface area contributed by atoms with Gasteiger partial charge in [-0.25, -0.2) is 0 Å². The molecule has 0 aliphatic carbocycles. The van der Waals surface area contributed by atoms with Crippen molar-refractivity contribution >= 4 is 11.7 Å². The molecule has 0 saturated carbocycles. The molecule has 160 valence electrons. The first-order valence-corrected chi connectivity index (χ1v) is 10.4. The lowest BCUT2D eigenvalue weighted by molar-refractivity contribution is -0.130. The minimum absolute atomic E-state index is 0.113. The van der Waals surface area contributed by atoms with Crippen molar-refractivity contribution in [2.45, 2.75) is 13.3 Å². The summed E-state index contributed by atoms with van der Waals surface area (Å²) in [5.41, 5.74) is 2.68. The molecular weight excluding hydrogens is 392 g/mol. The van der Waals surface area contributed by atoms with E-state index < -0.39 is 0 Å². The highest BCUT2D eigenvalue weighted by atomic mass is 16.5. The summed E-state index contributed by atoms with van der Waals surface area (Å²) in [6.07, 6.45) is 0.376. The highest BCUT2D eigenvalue weighted by Crippen LogP contribution is 2.16. The molecule has 1 aliphatic rings. The van der Waals surface area contributed by atoms with Gasteiger partial charge in [-0.2, -0.15) is 4.68 Å². The molecular formula is C24H26N4O3. The fourth-order valence-corrected chi connectivity index (χ4v) is 3.66. The van der Waals surface area contributed by atoms with Gasteiger partial charge in [0, 0.05) is 32.2 Å². The number of piperazine rings is 1. The normalized spacial score (nSPS) is 13.9. The lowest BCUT2D eigenvalue weighted by atomic mass is 10.1. The van der Waals surface area contributed by atoms with Gasteiger partial charge in [0.1, 0.15) is 11.6 Å². The molecule has 1 fully saturated rings. The number of aromatic nitrogens is 2. The van der Waals surface area contributed by atoms with Crippen molar-refractivity contribution in [1.29, 1.82) is 0 Å². The SMILES string of the molecule is COc1ccc(CC(=O)N2CCN(c3ccc(=O)n(-c4ccc(C)cc4)n3)CC2)cc1. The van der Waals surface area contributed by atoms with Crippen LogP contribution in [0.4, 0.5) is 5.82 Å². The number of nitrogens with zero attached hydrogens (tertiary/aromatic N) is 4. The van der Waals surface area contributed by atoms with Crippen LogP contribution in [0, 0.1) is 6.92 Å². The van der Waals surface area contributed by atoms with Crippen LogP contribution < -0.4 is 15.2 Å². The number of benzene rings is 2. The quantitative estimate of drug-likeness (QED) is 0.637. The molecule has 3 aromatic rings. The zero-order valence-electron chi connectivity index (χ0n) is 17.8. The van der Waals surface area contributed by atoms with Crippen LogP contribution in [0.1, 0.15) is 11.1 Å². The van der Waals surface area contributed by atoms with Crippen molar-refractivity contribution in [2.75, 3.05) is 38.2 Å². The highest BCUT2D eigenvalue weighted by Gasteiger charge is 2.22. The fraction of sp³-hybridized carbons (Fsp3) is 0.292. The molecule has 1 amide bonds. The van der Waals surface area contributed by atoms with E-state index in [4.69, 9.17) is 4.74 Å². The van der Waals surface area contributed by atoms with Crippen LogP contribution in [0.15, 0.2) is 65.5 Å². The smallest absolute Gasteiger partial charge is 0.271 e. The molecule has 1 saturated heterocycles. The summed E-state index contributed by atoms with van der Waals surface area (Å²) in [4.78, 5) is 29.0. The number of hydrogen-bond donors (Lipinski definition) is 0. The van der Waals surface area contributed by atoms with Gasteiger partial charge < -0.3 is 14.5 Å². The van der Waals surface area contributed by atoms with Crippen molar-refractivity contribution in [2.24, 2.45) is 0 Å². The van der Waals surface area contributed by atoms with Crippen molar-refractivity contribution in [3.63, 3.8) is 0 Å². The van der Waals surface area contributed by atoms with E-state index in [1.165, 1.54) is 4.68 Å². The summed E-state index contributed by atoms with van der Waals surface area (Å²) in [5, 5.41) is 4.56. The van der Waals surface area contributed by atoms with Gasteiger partial charge >= 0.3 is 0 Å². The zero-order chi connectivity index (χ0) is 21.8. The van der Waals surface area contributed by atoms with Gasteiger partial charge in [0.2, 0.25) is 5.91 Å². The first kappa shape index (κ1) is 20.7. The van der Waals surface area contributed by atoms with Gasteiger partial charge in [-0.15, -0.1) is 5.10 Å². The molecule has 4 rings (SSSR count). The Bertz CT molecular complexity index is 1100. The van der Waals surface area contributed by atoms with E-state index in [0.717, 1.165) is 28.4 Å². The number of carbonyl (C=O) groups excluding carboxylic acids is 1. The molecule has 0 bridgehead atoms. The molecule has 0 unspecified atom stereocenters. The number of amides is 1. The molecule has 2 aromatic carbocycles. The van der Waals surface area contributed by atoms with E-state index in [2.05, 4.69) is 10.00 Å². The first-order chi connectivity index (χ1) is 15.0. The average Bonchev–Trinajstić information content (AvgIpc) is 2.81. The van der Waals surface area contributed by atoms with Gasteiger partial charge in [0.25, 0.3) is 5.56 Å². The van der Waals surface area contributed by atoms with Crippen LogP contribution in [-0.2, 0) is 11.2 Å². The van der Waals surface area contributed by atoms with E-state index in [9.17, 15) is 9.59 Å². The molecule has 7 nitrogen and oxygen atoms in total. The van der Waals surface area contributed by atoms with Gasteiger partial charge in [-0.1, -0.05) is 29.8 Å². The third-order valence-electron chi connectivity index (χ3n) is 5.54. The summed E-state index contributed by atoms with van der Waals surface area (Å²) >= 11 is 0. The van der Waals surface area contributed by atoms with E-state index in [0.29, 0.717) is 32.6 Å². The standard InChI is InChI=1S/C24H26N4O3/c1-18-3-7-20(8-4-18)28-23(29)12-11-22(25-28)26-13-15-27(16-14-26)24(30)17-19-5-9-21(31-2)10-6-19/h3-12H,13-17H2,1-2H3. The Morgan fingerprint density at radius 3 is 2.26 bits per heavy atom. The van der Waals surface area contributed by atoms with Gasteiger partial charge in [-0.05, 0) is 42.8 Å². The van der Waals surface area contributed by atoms with Crippen molar-refractivity contribution < 1.29 is 9.53 Å². The van der Waals surface area contributed by atoms with Gasteiger partial charge in [-0.3, -0.25) is 9.59 Å². The molecule has 1 aromatic heterocycles. The largest absolute Gasteiger partial charge is 0.497 e. The topological polar surface area (TPSA) is 67.7 Å². The third-order valence-corrected chi connectivity index (χ3v) is 5.54. The molecule has 7 heteroatoms. The third kappa shape index (κ3) is 4.77. The number of ether oxygens (including phenoxy) is 1. The molecule has 0 radical (unpaired) electrons. The molecule has 1 aliphatic heterocycles. The first-order valence-electron chi connectivity index (χ1n) is 10.4. The second-order valence-corrected chi connectivity index (χ2v) is 7.67. The average molecular weight is 418 g/mol. The predicted octanol–water partition coefficient (Wildman–Crippen LogP) is 2.44. The van der Waals surface area contributed by atoms with Crippen LogP contribution in [-0.4, -0.2) is 53.9 Å². The Balaban J connectivity index is 1.40. The van der Waals surface area contributed by atoms with Gasteiger partial charge in [0.15, 0.2) is 0 Å². The summed E-state index contributed by atoms with van der Waals surface area (Å²) in [5.74, 6) is 1.63. The number of rotatable bonds is 5. The van der Waals surface area contributed by atoms with Crippen molar-refractivity contribution in [1.82, 2.24) is 14.7 Å². The fourth-order valence-electron chi connectivity index (χ4n) is 3.66. The Morgan fingerprint density at radius 2 is 1.61 bits per heavy atom. The van der Waals surface area contributed by atoms with Crippen molar-refractivity contribution in [3.05, 3.63) is 82.1 Å². The number of aryl methyl sites for hydroxylation is 1. The molecule has 0 atom stereocenters. The number of methoxy groups -OCH3 is 1. The minimum Gasteiger partial charge on any atom is -0.497 e. The number of hydrogen-bond acceptors (Lipinski definition) is 5. The van der Waals surface area contributed by atoms with E-state index in [1.54, 1.807) is 19.2 Å². The maximum Gasteiger partial charge on any atom is 0.271 e. The Labute approximate surface area is 181 Å². The lowest BCUT2D eigenvalue weighted by Gasteiger charge is -2.35. The number of anilines is 1. The Morgan fingerprint density at radius 1 is 0.935 bits per heavy atom. The van der Waals surface area contributed by atoms with E-state index in [-0.39, 0.29) is 11.5 Å². The maximum atomic E-state index is 12.7. The Hall–Kier alpha value is -3.61. The van der Waals surface area contributed by atoms with Crippen molar-refractivity contribution in [3.8, 4) is 11.4 Å². The van der Waals surface area contributed by atoms with Gasteiger partial charge in [0.05, 0.1) is 19.2 Å². The molecule has 31 heavy (non-hydrogen) atoms.